The fourth-order valence-electron chi connectivity index (χ4n) is 3.42. The lowest BCUT2D eigenvalue weighted by Crippen LogP contribution is -2.27. The number of non-ortho nitro benzene ring substituents is 1. The summed E-state index contributed by atoms with van der Waals surface area (Å²) < 4.78 is 10.6. The number of nitro groups is 1. The predicted molar refractivity (Wildman–Crippen MR) is 116 cm³/mol. The molecule has 1 saturated heterocycles. The minimum atomic E-state index is -0.732. The Kier molecular flexibility index (Phi) is 5.94. The van der Waals surface area contributed by atoms with Crippen LogP contribution >= 0.6 is 0 Å². The molecule has 1 amide bonds. The summed E-state index contributed by atoms with van der Waals surface area (Å²) in [6.45, 7) is 0.0723. The van der Waals surface area contributed by atoms with E-state index >= 15 is 0 Å². The number of cyclic esters (lactones) is 1. The van der Waals surface area contributed by atoms with E-state index in [1.807, 2.05) is 30.3 Å². The third-order valence-electron chi connectivity index (χ3n) is 4.89. The molecule has 0 aliphatic carbocycles. The maximum atomic E-state index is 12.7. The molecule has 1 heterocycles. The first-order chi connectivity index (χ1) is 15.5. The third-order valence-corrected chi connectivity index (χ3v) is 4.89. The van der Waals surface area contributed by atoms with Gasteiger partial charge in [-0.05, 0) is 17.7 Å². The van der Waals surface area contributed by atoms with Crippen LogP contribution < -0.4 is 4.74 Å². The summed E-state index contributed by atoms with van der Waals surface area (Å²) in [6.07, 6.45) is 0.485. The van der Waals surface area contributed by atoms with E-state index in [4.69, 9.17) is 9.47 Å². The van der Waals surface area contributed by atoms with Crippen LogP contribution in [0.2, 0.25) is 0 Å². The summed E-state index contributed by atoms with van der Waals surface area (Å²) in [4.78, 5) is 37.5. The quantitative estimate of drug-likeness (QED) is 0.184. The number of rotatable bonds is 6. The van der Waals surface area contributed by atoms with E-state index in [0.717, 1.165) is 11.6 Å². The number of para-hydroxylation sites is 1. The van der Waals surface area contributed by atoms with Crippen molar-refractivity contribution in [3.05, 3.63) is 112 Å². The summed E-state index contributed by atoms with van der Waals surface area (Å²) in [7, 11) is 0. The molecule has 0 bridgehead atoms. The SMILES string of the molecule is O=C(C=C(c1cccc([N+](=O)[O-])c1)N1C(=O)OC[C@H]1c1ccccc1)Oc1ccccc1. The van der Waals surface area contributed by atoms with Gasteiger partial charge in [0.15, 0.2) is 0 Å². The molecule has 1 aliphatic heterocycles. The van der Waals surface area contributed by atoms with Gasteiger partial charge < -0.3 is 9.47 Å². The zero-order valence-corrected chi connectivity index (χ0v) is 16.8. The van der Waals surface area contributed by atoms with Crippen LogP contribution in [0.1, 0.15) is 17.2 Å². The number of esters is 1. The van der Waals surface area contributed by atoms with Crippen LogP contribution in [0, 0.1) is 10.1 Å². The van der Waals surface area contributed by atoms with E-state index in [-0.39, 0.29) is 18.0 Å². The van der Waals surface area contributed by atoms with Gasteiger partial charge in [0.25, 0.3) is 5.69 Å². The van der Waals surface area contributed by atoms with Gasteiger partial charge in [0.05, 0.1) is 16.7 Å². The fraction of sp³-hybridized carbons (Fsp3) is 0.0833. The first kappa shape index (κ1) is 20.8. The lowest BCUT2D eigenvalue weighted by atomic mass is 10.0. The molecule has 1 fully saturated rings. The Morgan fingerprint density at radius 1 is 1.03 bits per heavy atom. The first-order valence-corrected chi connectivity index (χ1v) is 9.77. The van der Waals surface area contributed by atoms with Crippen molar-refractivity contribution in [1.82, 2.24) is 4.90 Å². The normalized spacial score (nSPS) is 15.9. The molecule has 0 radical (unpaired) electrons. The number of carbonyl (C=O) groups excluding carboxylic acids is 2. The van der Waals surface area contributed by atoms with Crippen LogP contribution in [-0.4, -0.2) is 28.5 Å². The minimum Gasteiger partial charge on any atom is -0.447 e. The number of hydrogen-bond acceptors (Lipinski definition) is 6. The minimum absolute atomic E-state index is 0.0723. The molecule has 3 aromatic rings. The molecule has 1 aliphatic rings. The molecule has 3 aromatic carbocycles. The highest BCUT2D eigenvalue weighted by Gasteiger charge is 2.37. The largest absolute Gasteiger partial charge is 0.447 e. The lowest BCUT2D eigenvalue weighted by Gasteiger charge is -2.24. The Morgan fingerprint density at radius 3 is 2.41 bits per heavy atom. The maximum absolute atomic E-state index is 12.7. The van der Waals surface area contributed by atoms with E-state index < -0.39 is 23.0 Å². The fourth-order valence-corrected chi connectivity index (χ4v) is 3.42. The van der Waals surface area contributed by atoms with E-state index in [2.05, 4.69) is 0 Å². The maximum Gasteiger partial charge on any atom is 0.415 e. The van der Waals surface area contributed by atoms with Crippen LogP contribution in [-0.2, 0) is 9.53 Å². The van der Waals surface area contributed by atoms with Crippen LogP contribution in [0.3, 0.4) is 0 Å². The number of nitrogens with zero attached hydrogens (tertiary/aromatic N) is 2. The van der Waals surface area contributed by atoms with E-state index in [1.165, 1.54) is 23.1 Å². The number of ether oxygens (including phenoxy) is 2. The second kappa shape index (κ2) is 9.13. The molecule has 8 nitrogen and oxygen atoms in total. The van der Waals surface area contributed by atoms with Gasteiger partial charge in [0.1, 0.15) is 12.4 Å². The second-order valence-corrected chi connectivity index (χ2v) is 6.94. The molecule has 8 heteroatoms. The Morgan fingerprint density at radius 2 is 1.72 bits per heavy atom. The number of hydrogen-bond donors (Lipinski definition) is 0. The van der Waals surface area contributed by atoms with E-state index in [1.54, 1.807) is 36.4 Å². The Bertz CT molecular complexity index is 1180. The van der Waals surface area contributed by atoms with Crippen molar-refractivity contribution in [1.29, 1.82) is 0 Å². The molecule has 0 saturated carbocycles. The van der Waals surface area contributed by atoms with Crippen molar-refractivity contribution < 1.29 is 24.0 Å². The van der Waals surface area contributed by atoms with Crippen LogP contribution in [0.25, 0.3) is 5.70 Å². The molecule has 160 valence electrons. The van der Waals surface area contributed by atoms with Crippen molar-refractivity contribution >= 4 is 23.4 Å². The molecule has 4 rings (SSSR count). The highest BCUT2D eigenvalue weighted by atomic mass is 16.6. The van der Waals surface area contributed by atoms with E-state index in [9.17, 15) is 19.7 Å². The molecule has 0 unspecified atom stereocenters. The van der Waals surface area contributed by atoms with Crippen LogP contribution in [0.5, 0.6) is 5.75 Å². The zero-order chi connectivity index (χ0) is 22.5. The average Bonchev–Trinajstić information content (AvgIpc) is 3.20. The van der Waals surface area contributed by atoms with Crippen molar-refractivity contribution in [3.63, 3.8) is 0 Å². The molecule has 1 atom stereocenters. The Labute approximate surface area is 183 Å². The predicted octanol–water partition coefficient (Wildman–Crippen LogP) is 4.73. The molecular formula is C24H18N2O6. The van der Waals surface area contributed by atoms with Crippen LogP contribution in [0.15, 0.2) is 91.0 Å². The standard InChI is InChI=1S/C24H18N2O6/c27-23(32-20-12-5-2-6-13-20)15-21(18-10-7-11-19(14-18)26(29)30)25-22(16-31-24(25)28)17-8-3-1-4-9-17/h1-15,22H,16H2/t22-/m0/s1. The average molecular weight is 430 g/mol. The summed E-state index contributed by atoms with van der Waals surface area (Å²) in [5, 5.41) is 11.3. The number of carbonyl (C=O) groups is 2. The lowest BCUT2D eigenvalue weighted by molar-refractivity contribution is -0.384. The molecular weight excluding hydrogens is 412 g/mol. The second-order valence-electron chi connectivity index (χ2n) is 6.94. The van der Waals surface area contributed by atoms with Gasteiger partial charge in [-0.15, -0.1) is 0 Å². The molecule has 0 aromatic heterocycles. The van der Waals surface area contributed by atoms with Gasteiger partial charge in [-0.3, -0.25) is 15.0 Å². The number of amides is 1. The van der Waals surface area contributed by atoms with E-state index in [0.29, 0.717) is 11.3 Å². The van der Waals surface area contributed by atoms with Crippen molar-refractivity contribution in [2.45, 2.75) is 6.04 Å². The highest BCUT2D eigenvalue weighted by Crippen LogP contribution is 2.36. The van der Waals surface area contributed by atoms with Crippen molar-refractivity contribution in [2.24, 2.45) is 0 Å². The van der Waals surface area contributed by atoms with Gasteiger partial charge in [-0.2, -0.15) is 0 Å². The number of benzene rings is 3. The van der Waals surface area contributed by atoms with Crippen LogP contribution in [0.4, 0.5) is 10.5 Å². The van der Waals surface area contributed by atoms with Gasteiger partial charge in [-0.25, -0.2) is 9.59 Å². The topological polar surface area (TPSA) is 99.0 Å². The monoisotopic (exact) mass is 430 g/mol. The molecule has 0 spiro atoms. The number of nitro benzene ring substituents is 1. The Balaban J connectivity index is 1.78. The Hall–Kier alpha value is -4.46. The molecule has 32 heavy (non-hydrogen) atoms. The van der Waals surface area contributed by atoms with Crippen molar-refractivity contribution in [2.75, 3.05) is 6.61 Å². The smallest absolute Gasteiger partial charge is 0.415 e. The summed E-state index contributed by atoms with van der Waals surface area (Å²) >= 11 is 0. The summed E-state index contributed by atoms with van der Waals surface area (Å²) in [5.74, 6) is -0.403. The summed E-state index contributed by atoms with van der Waals surface area (Å²) in [6, 6.07) is 22.8. The van der Waals surface area contributed by atoms with Gasteiger partial charge in [0.2, 0.25) is 0 Å². The third kappa shape index (κ3) is 4.49. The highest BCUT2D eigenvalue weighted by molar-refractivity contribution is 5.96. The van der Waals surface area contributed by atoms with Gasteiger partial charge in [0, 0.05) is 23.8 Å². The first-order valence-electron chi connectivity index (χ1n) is 9.77. The molecule has 0 N–H and O–H groups in total. The van der Waals surface area contributed by atoms with Gasteiger partial charge >= 0.3 is 12.1 Å². The van der Waals surface area contributed by atoms with Crippen molar-refractivity contribution in [3.8, 4) is 5.75 Å². The summed E-state index contributed by atoms with van der Waals surface area (Å²) in [5.41, 5.74) is 1.08. The van der Waals surface area contributed by atoms with Gasteiger partial charge in [-0.1, -0.05) is 60.7 Å². The zero-order valence-electron chi connectivity index (χ0n) is 16.8.